The monoisotopic (exact) mass is 946 g/mol. The average Bonchev–Trinajstić information content (AvgIpc) is 4.46. The number of rotatable bonds is 2. The Balaban J connectivity index is 0.846. The lowest BCUT2D eigenvalue weighted by atomic mass is 9.68. The van der Waals surface area contributed by atoms with E-state index in [0.29, 0.717) is 0 Å². The Labute approximate surface area is 437 Å². The number of allylic oxidation sites excluding steroid dienone is 4. The Bertz CT molecular complexity index is 4360. The van der Waals surface area contributed by atoms with E-state index in [2.05, 4.69) is 255 Å². The van der Waals surface area contributed by atoms with Gasteiger partial charge < -0.3 is 0 Å². The van der Waals surface area contributed by atoms with Gasteiger partial charge in [0.15, 0.2) is 0 Å². The van der Waals surface area contributed by atoms with Crippen molar-refractivity contribution < 1.29 is 0 Å². The third kappa shape index (κ3) is 4.65. The molecule has 0 saturated heterocycles. The second kappa shape index (κ2) is 14.1. The minimum atomic E-state index is -0.478. The number of benzene rings is 11. The van der Waals surface area contributed by atoms with E-state index in [4.69, 9.17) is 0 Å². The van der Waals surface area contributed by atoms with Crippen LogP contribution in [0.5, 0.6) is 0 Å². The third-order valence-electron chi connectivity index (χ3n) is 19.0. The zero-order valence-electron chi connectivity index (χ0n) is 41.2. The van der Waals surface area contributed by atoms with Crippen LogP contribution < -0.4 is 0 Å². The molecule has 1 unspecified atom stereocenters. The van der Waals surface area contributed by atoms with Crippen LogP contribution in [0, 0.1) is 0 Å². The van der Waals surface area contributed by atoms with Crippen molar-refractivity contribution >= 4 is 5.57 Å². The van der Waals surface area contributed by atoms with Gasteiger partial charge in [-0.2, -0.15) is 0 Å². The summed E-state index contributed by atoms with van der Waals surface area (Å²) in [6, 6.07) is 93.8. The summed E-state index contributed by atoms with van der Waals surface area (Å²) >= 11 is 0. The van der Waals surface area contributed by atoms with Crippen LogP contribution in [0.2, 0.25) is 0 Å². The molecule has 11 aromatic carbocycles. The lowest BCUT2D eigenvalue weighted by molar-refractivity contribution is 0.782. The summed E-state index contributed by atoms with van der Waals surface area (Å²) < 4.78 is 0. The number of fused-ring (bicyclic) bond motifs is 30. The van der Waals surface area contributed by atoms with Gasteiger partial charge in [0.2, 0.25) is 0 Å². The number of hydrogen-bond acceptors (Lipinski definition) is 0. The van der Waals surface area contributed by atoms with Crippen LogP contribution in [-0.4, -0.2) is 0 Å². The summed E-state index contributed by atoms with van der Waals surface area (Å²) in [5.41, 5.74) is 36.4. The summed E-state index contributed by atoms with van der Waals surface area (Å²) in [5.74, 6) is 0. The molecule has 0 heteroatoms. The molecule has 11 aromatic rings. The minimum absolute atomic E-state index is 0.401. The molecule has 0 aliphatic heterocycles. The van der Waals surface area contributed by atoms with E-state index < -0.39 is 16.2 Å². The fraction of sp³-hybridized carbons (Fsp3) is 0.0667. The standard InChI is InChI=1S/C75H46/c1-9-25-61-49(17-1)50-18-2-10-26-62(50)73(61)65-29-13-5-21-53(65)57-37-33-45(41-69(57)73)47-35-39-59-55-23-7-15-31-67(55)75(71(59)43-47)68-32-16-8-24-56(68)60-40-36-48(44-72(60)75)46-34-38-58-54-22-6-14-30-66(54)74(70(58)42-46)63-27-11-3-19-51(63)52-20-4-12-28-64(52)74/h1-7,9-15,17-44H,8,16H2. The van der Waals surface area contributed by atoms with Crippen molar-refractivity contribution in [1.82, 2.24) is 0 Å². The maximum atomic E-state index is 2.59. The maximum absolute atomic E-state index is 2.59. The van der Waals surface area contributed by atoms with Gasteiger partial charge in [-0.05, 0) is 193 Å². The highest BCUT2D eigenvalue weighted by molar-refractivity contribution is 6.03. The molecule has 7 aliphatic rings. The van der Waals surface area contributed by atoms with Crippen molar-refractivity contribution in [1.29, 1.82) is 0 Å². The molecular weight excluding hydrogens is 901 g/mol. The Morgan fingerprint density at radius 2 is 0.440 bits per heavy atom. The predicted molar refractivity (Wildman–Crippen MR) is 307 cm³/mol. The highest BCUT2D eigenvalue weighted by Gasteiger charge is 2.56. The molecule has 0 fully saturated rings. The molecular formula is C75H46. The first kappa shape index (κ1) is 40.4. The summed E-state index contributed by atoms with van der Waals surface area (Å²) in [4.78, 5) is 0. The normalized spacial score (nSPS) is 17.7. The van der Waals surface area contributed by atoms with Crippen molar-refractivity contribution in [2.45, 2.75) is 29.1 Å². The lowest BCUT2D eigenvalue weighted by Crippen LogP contribution is -2.26. The van der Waals surface area contributed by atoms with Crippen molar-refractivity contribution in [2.24, 2.45) is 0 Å². The van der Waals surface area contributed by atoms with Crippen LogP contribution >= 0.6 is 0 Å². The SMILES string of the molecule is C1=C2C(=CCC1)C1(c3cc(-c4ccc5c(c4)C4(c6ccccc6-c6ccccc64)c4ccccc4-5)ccc32)c2ccccc2-c2ccc(-c3ccc4c(c3)C3(c5ccccc5-c5ccccc53)c3ccccc3-4)cc21. The molecule has 3 spiro atoms. The molecule has 0 heterocycles. The van der Waals surface area contributed by atoms with Gasteiger partial charge in [0.05, 0.1) is 16.2 Å². The molecule has 1 atom stereocenters. The van der Waals surface area contributed by atoms with Gasteiger partial charge in [0, 0.05) is 0 Å². The molecule has 18 rings (SSSR count). The second-order valence-electron chi connectivity index (χ2n) is 21.9. The Morgan fingerprint density at radius 3 is 0.773 bits per heavy atom. The maximum Gasteiger partial charge on any atom is 0.0725 e. The first-order chi connectivity index (χ1) is 37.2. The van der Waals surface area contributed by atoms with E-state index in [1.54, 1.807) is 0 Å². The zero-order chi connectivity index (χ0) is 48.8. The lowest BCUT2D eigenvalue weighted by Gasteiger charge is -2.32. The fourth-order valence-corrected chi connectivity index (χ4v) is 16.3. The molecule has 0 amide bonds. The molecule has 0 radical (unpaired) electrons. The van der Waals surface area contributed by atoms with Gasteiger partial charge in [-0.15, -0.1) is 0 Å². The summed E-state index contributed by atoms with van der Waals surface area (Å²) in [5, 5.41) is 0. The average molecular weight is 947 g/mol. The topological polar surface area (TPSA) is 0 Å². The Hall–Kier alpha value is -9.10. The molecule has 0 N–H and O–H groups in total. The molecule has 75 heavy (non-hydrogen) atoms. The van der Waals surface area contributed by atoms with Gasteiger partial charge in [-0.25, -0.2) is 0 Å². The molecule has 0 bridgehead atoms. The van der Waals surface area contributed by atoms with Gasteiger partial charge in [-0.3, -0.25) is 0 Å². The van der Waals surface area contributed by atoms with Crippen LogP contribution in [0.1, 0.15) is 79.6 Å². The number of hydrogen-bond donors (Lipinski definition) is 0. The van der Waals surface area contributed by atoms with Gasteiger partial charge in [0.1, 0.15) is 0 Å². The highest BCUT2D eigenvalue weighted by atomic mass is 14.6. The Morgan fingerprint density at radius 1 is 0.200 bits per heavy atom. The third-order valence-corrected chi connectivity index (χ3v) is 19.0. The molecule has 0 saturated carbocycles. The molecule has 0 nitrogen and oxygen atoms in total. The van der Waals surface area contributed by atoms with E-state index in [9.17, 15) is 0 Å². The van der Waals surface area contributed by atoms with E-state index in [1.165, 1.54) is 156 Å². The second-order valence-corrected chi connectivity index (χ2v) is 21.9. The molecule has 346 valence electrons. The first-order valence-electron chi connectivity index (χ1n) is 26.9. The molecule has 0 aromatic heterocycles. The van der Waals surface area contributed by atoms with Crippen LogP contribution in [0.15, 0.2) is 260 Å². The van der Waals surface area contributed by atoms with Crippen LogP contribution in [0.25, 0.3) is 83.5 Å². The van der Waals surface area contributed by atoms with Crippen molar-refractivity contribution in [3.8, 4) is 77.9 Å². The fourth-order valence-electron chi connectivity index (χ4n) is 16.3. The van der Waals surface area contributed by atoms with E-state index in [-0.39, 0.29) is 0 Å². The van der Waals surface area contributed by atoms with E-state index >= 15 is 0 Å². The smallest absolute Gasteiger partial charge is 0.0725 e. The summed E-state index contributed by atoms with van der Waals surface area (Å²) in [7, 11) is 0. The highest BCUT2D eigenvalue weighted by Crippen LogP contribution is 2.68. The largest absolute Gasteiger partial charge is 0.0788 e. The van der Waals surface area contributed by atoms with Crippen LogP contribution in [0.4, 0.5) is 0 Å². The first-order valence-corrected chi connectivity index (χ1v) is 26.9. The van der Waals surface area contributed by atoms with Crippen molar-refractivity contribution in [2.75, 3.05) is 0 Å². The predicted octanol–water partition coefficient (Wildman–Crippen LogP) is 18.1. The van der Waals surface area contributed by atoms with Gasteiger partial charge in [0.25, 0.3) is 0 Å². The van der Waals surface area contributed by atoms with Gasteiger partial charge >= 0.3 is 0 Å². The van der Waals surface area contributed by atoms with Crippen LogP contribution in [0.3, 0.4) is 0 Å². The quantitative estimate of drug-likeness (QED) is 0.162. The zero-order valence-corrected chi connectivity index (χ0v) is 41.2. The van der Waals surface area contributed by atoms with Crippen molar-refractivity contribution in [3.05, 3.63) is 327 Å². The van der Waals surface area contributed by atoms with E-state index in [0.717, 1.165) is 12.8 Å². The van der Waals surface area contributed by atoms with Crippen LogP contribution in [-0.2, 0) is 16.2 Å². The van der Waals surface area contributed by atoms with E-state index in [1.807, 2.05) is 0 Å². The molecule has 7 aliphatic carbocycles. The summed E-state index contributed by atoms with van der Waals surface area (Å²) in [6.45, 7) is 0. The van der Waals surface area contributed by atoms with Gasteiger partial charge in [-0.1, -0.05) is 231 Å². The van der Waals surface area contributed by atoms with Crippen molar-refractivity contribution in [3.63, 3.8) is 0 Å². The summed E-state index contributed by atoms with van der Waals surface area (Å²) in [6.07, 6.45) is 7.20. The Kier molecular flexibility index (Phi) is 7.61. The minimum Gasteiger partial charge on any atom is -0.0788 e.